The molecule has 102 valence electrons. The van der Waals surface area contributed by atoms with E-state index in [1.807, 2.05) is 12.1 Å². The molecular formula is C16H15FN2O. The second-order valence-electron chi connectivity index (χ2n) is 5.02. The van der Waals surface area contributed by atoms with Crippen LogP contribution in [0.15, 0.2) is 42.5 Å². The van der Waals surface area contributed by atoms with Crippen molar-refractivity contribution >= 4 is 11.6 Å². The van der Waals surface area contributed by atoms with Crippen molar-refractivity contribution in [2.75, 3.05) is 5.32 Å². The third-order valence-corrected chi connectivity index (χ3v) is 3.70. The zero-order valence-corrected chi connectivity index (χ0v) is 10.9. The van der Waals surface area contributed by atoms with Crippen molar-refractivity contribution < 1.29 is 9.18 Å². The average Bonchev–Trinajstić information content (AvgIpc) is 2.47. The number of benzene rings is 2. The summed E-state index contributed by atoms with van der Waals surface area (Å²) in [6.45, 7) is 0. The number of fused-ring (bicyclic) bond motifs is 1. The van der Waals surface area contributed by atoms with Crippen LogP contribution < -0.4 is 11.1 Å². The van der Waals surface area contributed by atoms with Gasteiger partial charge in [0.05, 0.1) is 6.04 Å². The van der Waals surface area contributed by atoms with Gasteiger partial charge in [0.2, 0.25) is 5.91 Å². The number of aryl methyl sites for hydroxylation is 1. The molecule has 1 aliphatic rings. The van der Waals surface area contributed by atoms with Gasteiger partial charge in [-0.05, 0) is 54.3 Å². The fourth-order valence-corrected chi connectivity index (χ4v) is 2.60. The second-order valence-corrected chi connectivity index (χ2v) is 5.02. The summed E-state index contributed by atoms with van der Waals surface area (Å²) in [6, 6.07) is 12.3. The number of primary amides is 1. The lowest BCUT2D eigenvalue weighted by Crippen LogP contribution is -2.18. The Balaban J connectivity index is 1.83. The van der Waals surface area contributed by atoms with Crippen molar-refractivity contribution in [2.24, 2.45) is 5.73 Å². The molecule has 3 rings (SSSR count). The molecular weight excluding hydrogens is 255 g/mol. The molecule has 0 bridgehead atoms. The van der Waals surface area contributed by atoms with Crippen molar-refractivity contribution in [3.05, 3.63) is 65.0 Å². The van der Waals surface area contributed by atoms with E-state index >= 15 is 0 Å². The first-order chi connectivity index (χ1) is 9.63. The van der Waals surface area contributed by atoms with Crippen LogP contribution in [0.2, 0.25) is 0 Å². The Bertz CT molecular complexity index is 652. The third-order valence-electron chi connectivity index (χ3n) is 3.70. The van der Waals surface area contributed by atoms with E-state index in [9.17, 15) is 9.18 Å². The van der Waals surface area contributed by atoms with E-state index in [0.29, 0.717) is 5.56 Å². The molecule has 0 aromatic heterocycles. The van der Waals surface area contributed by atoms with Crippen molar-refractivity contribution in [1.82, 2.24) is 0 Å². The fraction of sp³-hybridized carbons (Fsp3) is 0.188. The summed E-state index contributed by atoms with van der Waals surface area (Å²) in [4.78, 5) is 11.1. The highest BCUT2D eigenvalue weighted by molar-refractivity contribution is 5.92. The summed E-state index contributed by atoms with van der Waals surface area (Å²) in [5.74, 6) is -0.621. The molecule has 0 spiro atoms. The molecule has 0 fully saturated rings. The molecule has 1 amide bonds. The van der Waals surface area contributed by atoms with E-state index < -0.39 is 5.91 Å². The highest BCUT2D eigenvalue weighted by Gasteiger charge is 2.19. The first kappa shape index (κ1) is 12.7. The summed E-state index contributed by atoms with van der Waals surface area (Å²) in [7, 11) is 0. The molecule has 20 heavy (non-hydrogen) atoms. The number of nitrogens with two attached hydrogens (primary N) is 1. The summed E-state index contributed by atoms with van der Waals surface area (Å²) >= 11 is 0. The predicted molar refractivity (Wildman–Crippen MR) is 76.0 cm³/mol. The van der Waals surface area contributed by atoms with Gasteiger partial charge in [-0.2, -0.15) is 0 Å². The minimum absolute atomic E-state index is 0.176. The Morgan fingerprint density at radius 2 is 1.95 bits per heavy atom. The molecule has 0 saturated carbocycles. The number of rotatable bonds is 2. The monoisotopic (exact) mass is 270 g/mol. The molecule has 3 N–H and O–H groups in total. The van der Waals surface area contributed by atoms with Crippen molar-refractivity contribution in [1.29, 1.82) is 0 Å². The standard InChI is InChI=1S/C16H15FN2O/c17-13-6-8-15-12(9-13)5-7-14(19-15)10-1-3-11(4-2-10)16(18)20/h1-4,6,8-9,14,19H,5,7H2,(H2,18,20). The van der Waals surface area contributed by atoms with Gasteiger partial charge in [0, 0.05) is 11.3 Å². The second kappa shape index (κ2) is 4.96. The highest BCUT2D eigenvalue weighted by atomic mass is 19.1. The molecule has 1 unspecified atom stereocenters. The van der Waals surface area contributed by atoms with Crippen molar-refractivity contribution in [2.45, 2.75) is 18.9 Å². The first-order valence-electron chi connectivity index (χ1n) is 6.58. The quantitative estimate of drug-likeness (QED) is 0.881. The van der Waals surface area contributed by atoms with Crippen LogP contribution in [0.25, 0.3) is 0 Å². The third kappa shape index (κ3) is 2.37. The van der Waals surface area contributed by atoms with Crippen LogP contribution in [0.1, 0.15) is 33.9 Å². The van der Waals surface area contributed by atoms with Crippen LogP contribution in [0.3, 0.4) is 0 Å². The Hall–Kier alpha value is -2.36. The minimum Gasteiger partial charge on any atom is -0.378 e. The number of carbonyl (C=O) groups is 1. The molecule has 4 heteroatoms. The number of nitrogens with one attached hydrogen (secondary N) is 1. The topological polar surface area (TPSA) is 55.1 Å². The number of hydrogen-bond donors (Lipinski definition) is 2. The summed E-state index contributed by atoms with van der Waals surface area (Å²) in [5.41, 5.74) is 8.82. The summed E-state index contributed by atoms with van der Waals surface area (Å²) in [5, 5.41) is 3.41. The van der Waals surface area contributed by atoms with Gasteiger partial charge in [-0.15, -0.1) is 0 Å². The lowest BCUT2D eigenvalue weighted by Gasteiger charge is -2.27. The van der Waals surface area contributed by atoms with Crippen LogP contribution in [0.5, 0.6) is 0 Å². The van der Waals surface area contributed by atoms with E-state index in [-0.39, 0.29) is 11.9 Å². The Morgan fingerprint density at radius 1 is 1.20 bits per heavy atom. The van der Waals surface area contributed by atoms with Crippen LogP contribution in [0.4, 0.5) is 10.1 Å². The predicted octanol–water partition coefficient (Wildman–Crippen LogP) is 3.02. The molecule has 1 aliphatic heterocycles. The van der Waals surface area contributed by atoms with E-state index in [1.165, 1.54) is 6.07 Å². The SMILES string of the molecule is NC(=O)c1ccc(C2CCc3cc(F)ccc3N2)cc1. The van der Waals surface area contributed by atoms with Gasteiger partial charge in [-0.3, -0.25) is 4.79 Å². The molecule has 0 aliphatic carbocycles. The van der Waals surface area contributed by atoms with Gasteiger partial charge in [0.1, 0.15) is 5.82 Å². The molecule has 2 aromatic rings. The van der Waals surface area contributed by atoms with Gasteiger partial charge in [-0.25, -0.2) is 4.39 Å². The zero-order chi connectivity index (χ0) is 14.1. The zero-order valence-electron chi connectivity index (χ0n) is 10.9. The Kier molecular flexibility index (Phi) is 3.14. The number of carbonyl (C=O) groups excluding carboxylic acids is 1. The summed E-state index contributed by atoms with van der Waals surface area (Å²) < 4.78 is 13.2. The van der Waals surface area contributed by atoms with Gasteiger partial charge >= 0.3 is 0 Å². The molecule has 1 heterocycles. The average molecular weight is 270 g/mol. The first-order valence-corrected chi connectivity index (χ1v) is 6.58. The molecule has 1 atom stereocenters. The lowest BCUT2D eigenvalue weighted by atomic mass is 9.93. The Morgan fingerprint density at radius 3 is 2.65 bits per heavy atom. The maximum absolute atomic E-state index is 13.2. The summed E-state index contributed by atoms with van der Waals surface area (Å²) in [6.07, 6.45) is 1.73. The lowest BCUT2D eigenvalue weighted by molar-refractivity contribution is 0.100. The van der Waals surface area contributed by atoms with Crippen LogP contribution in [0, 0.1) is 5.82 Å². The van der Waals surface area contributed by atoms with Crippen LogP contribution in [-0.4, -0.2) is 5.91 Å². The van der Waals surface area contributed by atoms with Crippen molar-refractivity contribution in [3.8, 4) is 0 Å². The minimum atomic E-state index is -0.422. The van der Waals surface area contributed by atoms with E-state index in [0.717, 1.165) is 29.7 Å². The van der Waals surface area contributed by atoms with E-state index in [2.05, 4.69) is 5.32 Å². The van der Waals surface area contributed by atoms with Gasteiger partial charge < -0.3 is 11.1 Å². The normalized spacial score (nSPS) is 17.1. The highest BCUT2D eigenvalue weighted by Crippen LogP contribution is 2.32. The molecule has 0 radical (unpaired) electrons. The fourth-order valence-electron chi connectivity index (χ4n) is 2.60. The maximum atomic E-state index is 13.2. The van der Waals surface area contributed by atoms with E-state index in [1.54, 1.807) is 24.3 Å². The van der Waals surface area contributed by atoms with Crippen LogP contribution >= 0.6 is 0 Å². The molecule has 0 saturated heterocycles. The molecule has 2 aromatic carbocycles. The van der Waals surface area contributed by atoms with Gasteiger partial charge in [0.15, 0.2) is 0 Å². The Labute approximate surface area is 116 Å². The van der Waals surface area contributed by atoms with Crippen molar-refractivity contribution in [3.63, 3.8) is 0 Å². The van der Waals surface area contributed by atoms with E-state index in [4.69, 9.17) is 5.73 Å². The number of amides is 1. The van der Waals surface area contributed by atoms with Gasteiger partial charge in [0.25, 0.3) is 0 Å². The smallest absolute Gasteiger partial charge is 0.248 e. The maximum Gasteiger partial charge on any atom is 0.248 e. The largest absolute Gasteiger partial charge is 0.378 e. The number of halogens is 1. The number of anilines is 1. The number of hydrogen-bond acceptors (Lipinski definition) is 2. The van der Waals surface area contributed by atoms with Crippen LogP contribution in [-0.2, 0) is 6.42 Å². The van der Waals surface area contributed by atoms with Gasteiger partial charge in [-0.1, -0.05) is 12.1 Å². The molecule has 3 nitrogen and oxygen atoms in total.